The fraction of sp³-hybridized carbons (Fsp3) is 0.435. The van der Waals surface area contributed by atoms with Gasteiger partial charge in [-0.05, 0) is 43.7 Å². The maximum Gasteiger partial charge on any atom is 0.278 e. The first-order valence-electron chi connectivity index (χ1n) is 10.9. The van der Waals surface area contributed by atoms with Crippen molar-refractivity contribution in [3.8, 4) is 5.75 Å². The molecule has 7 nitrogen and oxygen atoms in total. The SMILES string of the molecule is CCCN1C(=O)c2c(O)c(=O)c(C(=O)CCc3ccc(F)cc3F)cn2N2CCCC[C@@H]12. The van der Waals surface area contributed by atoms with Crippen molar-refractivity contribution in [3.05, 3.63) is 63.1 Å². The van der Waals surface area contributed by atoms with Crippen molar-refractivity contribution in [2.45, 2.75) is 51.6 Å². The topological polar surface area (TPSA) is 82.9 Å². The van der Waals surface area contributed by atoms with Gasteiger partial charge in [0.15, 0.2) is 17.2 Å². The summed E-state index contributed by atoms with van der Waals surface area (Å²) in [6, 6.07) is 3.10. The molecule has 1 N–H and O–H groups in total. The molecule has 4 rings (SSSR count). The number of carbonyl (C=O) groups is 2. The zero-order valence-corrected chi connectivity index (χ0v) is 17.8. The number of aryl methyl sites for hydroxylation is 1. The Bertz CT molecular complexity index is 1130. The first-order chi connectivity index (χ1) is 15.3. The third-order valence-electron chi connectivity index (χ3n) is 6.11. The Labute approximate surface area is 183 Å². The average Bonchev–Trinajstić information content (AvgIpc) is 2.77. The van der Waals surface area contributed by atoms with Gasteiger partial charge in [-0.15, -0.1) is 0 Å². The summed E-state index contributed by atoms with van der Waals surface area (Å²) in [5.41, 5.74) is -1.15. The van der Waals surface area contributed by atoms with Crippen molar-refractivity contribution in [2.75, 3.05) is 18.1 Å². The molecule has 0 aliphatic carbocycles. The number of nitrogens with zero attached hydrogens (tertiary/aromatic N) is 3. The van der Waals surface area contributed by atoms with Gasteiger partial charge < -0.3 is 10.0 Å². The molecule has 2 aliphatic rings. The number of piperidine rings is 1. The van der Waals surface area contributed by atoms with E-state index >= 15 is 0 Å². The van der Waals surface area contributed by atoms with Crippen LogP contribution in [0.3, 0.4) is 0 Å². The summed E-state index contributed by atoms with van der Waals surface area (Å²) in [6.45, 7) is 3.06. The van der Waals surface area contributed by atoms with E-state index in [2.05, 4.69) is 0 Å². The highest BCUT2D eigenvalue weighted by Gasteiger charge is 2.41. The van der Waals surface area contributed by atoms with Crippen LogP contribution in [0.15, 0.2) is 29.2 Å². The van der Waals surface area contributed by atoms with Gasteiger partial charge in [0.25, 0.3) is 5.91 Å². The summed E-state index contributed by atoms with van der Waals surface area (Å²) in [4.78, 5) is 40.4. The van der Waals surface area contributed by atoms with E-state index in [-0.39, 0.29) is 35.8 Å². The van der Waals surface area contributed by atoms with Crippen LogP contribution in [0.1, 0.15) is 65.4 Å². The second-order valence-corrected chi connectivity index (χ2v) is 8.21. The first kappa shape index (κ1) is 22.0. The van der Waals surface area contributed by atoms with Gasteiger partial charge in [-0.25, -0.2) is 8.78 Å². The van der Waals surface area contributed by atoms with Gasteiger partial charge in [0.1, 0.15) is 17.8 Å². The minimum absolute atomic E-state index is 0.0253. The quantitative estimate of drug-likeness (QED) is 0.692. The van der Waals surface area contributed by atoms with Gasteiger partial charge in [0.05, 0.1) is 5.56 Å². The predicted octanol–water partition coefficient (Wildman–Crippen LogP) is 2.96. The fourth-order valence-electron chi connectivity index (χ4n) is 4.53. The van der Waals surface area contributed by atoms with Crippen LogP contribution in [-0.4, -0.2) is 45.6 Å². The molecule has 0 saturated carbocycles. The van der Waals surface area contributed by atoms with E-state index in [1.165, 1.54) is 16.9 Å². The minimum Gasteiger partial charge on any atom is -0.502 e. The summed E-state index contributed by atoms with van der Waals surface area (Å²) in [6.07, 6.45) is 4.21. The van der Waals surface area contributed by atoms with Gasteiger partial charge in [-0.2, -0.15) is 0 Å². The van der Waals surface area contributed by atoms with Crippen LogP contribution < -0.4 is 10.4 Å². The largest absolute Gasteiger partial charge is 0.502 e. The lowest BCUT2D eigenvalue weighted by atomic mass is 10.0. The van der Waals surface area contributed by atoms with E-state index in [9.17, 15) is 28.3 Å². The van der Waals surface area contributed by atoms with Crippen LogP contribution >= 0.6 is 0 Å². The maximum absolute atomic E-state index is 13.9. The molecule has 1 aromatic carbocycles. The van der Waals surface area contributed by atoms with E-state index in [1.807, 2.05) is 11.9 Å². The van der Waals surface area contributed by atoms with E-state index in [1.54, 1.807) is 4.90 Å². The molecule has 0 unspecified atom stereocenters. The van der Waals surface area contributed by atoms with Crippen LogP contribution in [0.5, 0.6) is 5.75 Å². The van der Waals surface area contributed by atoms with Crippen molar-refractivity contribution in [1.29, 1.82) is 0 Å². The molecule has 1 aromatic heterocycles. The molecule has 9 heteroatoms. The third kappa shape index (κ3) is 3.76. The summed E-state index contributed by atoms with van der Waals surface area (Å²) in [5, 5.41) is 12.5. The number of hydrogen-bond acceptors (Lipinski definition) is 5. The molecule has 1 amide bonds. The summed E-state index contributed by atoms with van der Waals surface area (Å²) in [7, 11) is 0. The number of benzene rings is 1. The number of carbonyl (C=O) groups excluding carboxylic acids is 2. The molecular weight excluding hydrogens is 420 g/mol. The monoisotopic (exact) mass is 445 g/mol. The number of Topliss-reactive ketones (excluding diaryl/α,β-unsaturated/α-hetero) is 1. The molecule has 1 fully saturated rings. The highest BCUT2D eigenvalue weighted by molar-refractivity contribution is 6.00. The van der Waals surface area contributed by atoms with Crippen molar-refractivity contribution in [2.24, 2.45) is 0 Å². The lowest BCUT2D eigenvalue weighted by Gasteiger charge is -2.49. The van der Waals surface area contributed by atoms with Crippen molar-refractivity contribution in [3.63, 3.8) is 0 Å². The molecule has 0 radical (unpaired) electrons. The number of aromatic nitrogens is 1. The molecule has 3 heterocycles. The van der Waals surface area contributed by atoms with E-state index in [0.717, 1.165) is 37.8 Å². The number of fused-ring (bicyclic) bond motifs is 3. The summed E-state index contributed by atoms with van der Waals surface area (Å²) >= 11 is 0. The molecule has 1 saturated heterocycles. The van der Waals surface area contributed by atoms with E-state index < -0.39 is 34.5 Å². The first-order valence-corrected chi connectivity index (χ1v) is 10.9. The number of ketones is 1. The molecule has 2 aromatic rings. The summed E-state index contributed by atoms with van der Waals surface area (Å²) in [5.74, 6) is -3.24. The summed E-state index contributed by atoms with van der Waals surface area (Å²) < 4.78 is 28.4. The van der Waals surface area contributed by atoms with Crippen molar-refractivity contribution >= 4 is 11.7 Å². The second-order valence-electron chi connectivity index (χ2n) is 8.21. The number of hydrogen-bond donors (Lipinski definition) is 1. The smallest absolute Gasteiger partial charge is 0.278 e. The zero-order valence-electron chi connectivity index (χ0n) is 17.8. The average molecular weight is 445 g/mol. The Balaban J connectivity index is 1.68. The molecular formula is C23H25F2N3O4. The number of pyridine rings is 1. The molecule has 2 aliphatic heterocycles. The third-order valence-corrected chi connectivity index (χ3v) is 6.11. The standard InChI is InChI=1S/C23H25F2N3O4/c1-2-10-26-19-5-3-4-11-27(19)28-13-16(21(30)22(31)20(28)23(26)32)18(29)9-7-14-6-8-15(24)12-17(14)25/h6,8,12-13,19,31H,2-5,7,9-11H2,1H3/t19-/m0/s1. The van der Waals surface area contributed by atoms with Crippen molar-refractivity contribution < 1.29 is 23.5 Å². The zero-order chi connectivity index (χ0) is 23.0. The highest BCUT2D eigenvalue weighted by Crippen LogP contribution is 2.30. The molecule has 170 valence electrons. The number of amides is 1. The predicted molar refractivity (Wildman–Crippen MR) is 113 cm³/mol. The lowest BCUT2D eigenvalue weighted by molar-refractivity contribution is 0.0519. The minimum atomic E-state index is -0.916. The van der Waals surface area contributed by atoms with Crippen LogP contribution in [0.2, 0.25) is 0 Å². The van der Waals surface area contributed by atoms with Gasteiger partial charge in [-0.3, -0.25) is 24.1 Å². The van der Waals surface area contributed by atoms with Crippen LogP contribution in [0, 0.1) is 11.6 Å². The Kier molecular flexibility index (Phi) is 5.99. The normalized spacial score (nSPS) is 17.8. The Morgan fingerprint density at radius 1 is 1.22 bits per heavy atom. The van der Waals surface area contributed by atoms with Gasteiger partial charge in [0.2, 0.25) is 5.43 Å². The van der Waals surface area contributed by atoms with Crippen LogP contribution in [0.25, 0.3) is 0 Å². The van der Waals surface area contributed by atoms with Gasteiger partial charge in [-0.1, -0.05) is 13.0 Å². The fourth-order valence-corrected chi connectivity index (χ4v) is 4.53. The van der Waals surface area contributed by atoms with Gasteiger partial charge >= 0.3 is 0 Å². The maximum atomic E-state index is 13.9. The van der Waals surface area contributed by atoms with Crippen LogP contribution in [0.4, 0.5) is 8.78 Å². The Morgan fingerprint density at radius 3 is 2.72 bits per heavy atom. The van der Waals surface area contributed by atoms with Gasteiger partial charge in [0, 0.05) is 31.8 Å². The molecule has 32 heavy (non-hydrogen) atoms. The molecule has 0 bridgehead atoms. The number of rotatable bonds is 6. The van der Waals surface area contributed by atoms with Crippen molar-refractivity contribution in [1.82, 2.24) is 9.58 Å². The second kappa shape index (κ2) is 8.72. The Hall–Kier alpha value is -3.23. The van der Waals surface area contributed by atoms with E-state index in [4.69, 9.17) is 0 Å². The molecule has 1 atom stereocenters. The number of halogens is 2. The van der Waals surface area contributed by atoms with E-state index in [0.29, 0.717) is 13.1 Å². The molecule has 0 spiro atoms. The van der Waals surface area contributed by atoms with Crippen LogP contribution in [-0.2, 0) is 6.42 Å². The highest BCUT2D eigenvalue weighted by atomic mass is 19.1. The lowest BCUT2D eigenvalue weighted by Crippen LogP contribution is -2.63. The number of aromatic hydroxyl groups is 1. The Morgan fingerprint density at radius 2 is 2.00 bits per heavy atom.